The van der Waals surface area contributed by atoms with Crippen molar-refractivity contribution in [3.8, 4) is 0 Å². The number of hydrogen-bond donors (Lipinski definition) is 3. The maximum absolute atomic E-state index is 13.2. The summed E-state index contributed by atoms with van der Waals surface area (Å²) in [6.07, 6.45) is 0. The summed E-state index contributed by atoms with van der Waals surface area (Å²) in [5, 5.41) is 16.0. The van der Waals surface area contributed by atoms with Crippen LogP contribution in [-0.4, -0.2) is 31.8 Å². The van der Waals surface area contributed by atoms with Gasteiger partial charge in [0.05, 0.1) is 11.3 Å². The van der Waals surface area contributed by atoms with Crippen LogP contribution in [0.2, 0.25) is 0 Å². The Morgan fingerprint density at radius 1 is 1.47 bits per heavy atom. The van der Waals surface area contributed by atoms with Gasteiger partial charge in [0.25, 0.3) is 0 Å². The second-order valence-corrected chi connectivity index (χ2v) is 5.03. The predicted octanol–water partition coefficient (Wildman–Crippen LogP) is 0.224. The maximum atomic E-state index is 13.2. The molecule has 17 heavy (non-hydrogen) atoms. The SMILES string of the molecule is NS(=O)(=O)CCNc1ccc(C(=O)O)c(F)c1. The molecule has 1 aromatic rings. The van der Waals surface area contributed by atoms with Crippen LogP contribution in [-0.2, 0) is 10.0 Å². The van der Waals surface area contributed by atoms with Crippen LogP contribution in [0.25, 0.3) is 0 Å². The summed E-state index contributed by atoms with van der Waals surface area (Å²) < 4.78 is 34.4. The van der Waals surface area contributed by atoms with Gasteiger partial charge in [-0.05, 0) is 18.2 Å². The highest BCUT2D eigenvalue weighted by atomic mass is 32.2. The number of carboxylic acids is 1. The van der Waals surface area contributed by atoms with E-state index in [1.165, 1.54) is 6.07 Å². The number of benzene rings is 1. The zero-order chi connectivity index (χ0) is 13.1. The number of halogens is 1. The van der Waals surface area contributed by atoms with E-state index in [-0.39, 0.29) is 18.0 Å². The minimum Gasteiger partial charge on any atom is -0.478 e. The lowest BCUT2D eigenvalue weighted by Gasteiger charge is -2.06. The molecule has 0 spiro atoms. The van der Waals surface area contributed by atoms with Gasteiger partial charge in [-0.2, -0.15) is 0 Å². The molecule has 0 unspecified atom stereocenters. The van der Waals surface area contributed by atoms with E-state index in [4.69, 9.17) is 10.2 Å². The fraction of sp³-hybridized carbons (Fsp3) is 0.222. The van der Waals surface area contributed by atoms with Crippen molar-refractivity contribution in [2.75, 3.05) is 17.6 Å². The van der Waals surface area contributed by atoms with Crippen molar-refractivity contribution in [3.05, 3.63) is 29.6 Å². The second kappa shape index (κ2) is 5.11. The molecule has 1 aromatic carbocycles. The molecular formula is C9H11FN2O4S. The Morgan fingerprint density at radius 2 is 2.12 bits per heavy atom. The van der Waals surface area contributed by atoms with Gasteiger partial charge in [0.15, 0.2) is 0 Å². The molecule has 0 aliphatic heterocycles. The molecule has 94 valence electrons. The van der Waals surface area contributed by atoms with Crippen molar-refractivity contribution in [2.45, 2.75) is 0 Å². The molecule has 4 N–H and O–H groups in total. The third-order valence-corrected chi connectivity index (χ3v) is 2.69. The summed E-state index contributed by atoms with van der Waals surface area (Å²) in [4.78, 5) is 10.5. The summed E-state index contributed by atoms with van der Waals surface area (Å²) in [5.74, 6) is -2.55. The highest BCUT2D eigenvalue weighted by Gasteiger charge is 2.10. The van der Waals surface area contributed by atoms with Crippen LogP contribution < -0.4 is 10.5 Å². The van der Waals surface area contributed by atoms with E-state index in [1.807, 2.05) is 0 Å². The molecule has 0 bridgehead atoms. The van der Waals surface area contributed by atoms with Crippen molar-refractivity contribution in [2.24, 2.45) is 5.14 Å². The quantitative estimate of drug-likeness (QED) is 0.703. The molecule has 0 saturated carbocycles. The van der Waals surface area contributed by atoms with Crippen LogP contribution in [0.5, 0.6) is 0 Å². The van der Waals surface area contributed by atoms with Crippen LogP contribution in [0.4, 0.5) is 10.1 Å². The molecule has 0 radical (unpaired) electrons. The molecule has 0 heterocycles. The normalized spacial score (nSPS) is 11.2. The Balaban J connectivity index is 2.68. The van der Waals surface area contributed by atoms with Crippen molar-refractivity contribution in [3.63, 3.8) is 0 Å². The number of primary sulfonamides is 1. The van der Waals surface area contributed by atoms with Gasteiger partial charge in [0.2, 0.25) is 10.0 Å². The summed E-state index contributed by atoms with van der Waals surface area (Å²) in [7, 11) is -3.58. The predicted molar refractivity (Wildman–Crippen MR) is 59.8 cm³/mol. The van der Waals surface area contributed by atoms with Gasteiger partial charge in [-0.25, -0.2) is 22.7 Å². The molecule has 0 aromatic heterocycles. The molecule has 0 aliphatic carbocycles. The average molecular weight is 262 g/mol. The molecular weight excluding hydrogens is 251 g/mol. The van der Waals surface area contributed by atoms with Gasteiger partial charge in [-0.3, -0.25) is 0 Å². The van der Waals surface area contributed by atoms with E-state index in [2.05, 4.69) is 5.32 Å². The second-order valence-electron chi connectivity index (χ2n) is 3.29. The molecule has 0 amide bonds. The number of carbonyl (C=O) groups is 1. The van der Waals surface area contributed by atoms with E-state index < -0.39 is 27.4 Å². The van der Waals surface area contributed by atoms with Gasteiger partial charge in [0.1, 0.15) is 5.82 Å². The first-order valence-electron chi connectivity index (χ1n) is 4.57. The lowest BCUT2D eigenvalue weighted by atomic mass is 10.2. The maximum Gasteiger partial charge on any atom is 0.338 e. The summed E-state index contributed by atoms with van der Waals surface area (Å²) in [6, 6.07) is 3.42. The molecule has 6 nitrogen and oxygen atoms in total. The Kier molecular flexibility index (Phi) is 4.02. The molecule has 0 atom stereocenters. The van der Waals surface area contributed by atoms with E-state index in [0.29, 0.717) is 0 Å². The molecule has 1 rings (SSSR count). The standard InChI is InChI=1S/C9H11FN2O4S/c10-8-5-6(1-2-7(8)9(13)14)12-3-4-17(11,15)16/h1-2,5,12H,3-4H2,(H,13,14)(H2,11,15,16). The number of anilines is 1. The lowest BCUT2D eigenvalue weighted by molar-refractivity contribution is 0.0692. The lowest BCUT2D eigenvalue weighted by Crippen LogP contribution is -2.22. The van der Waals surface area contributed by atoms with Gasteiger partial charge in [0, 0.05) is 12.2 Å². The largest absolute Gasteiger partial charge is 0.478 e. The molecule has 8 heteroatoms. The molecule has 0 aliphatic rings. The van der Waals surface area contributed by atoms with Crippen molar-refractivity contribution >= 4 is 21.7 Å². The van der Waals surface area contributed by atoms with E-state index in [0.717, 1.165) is 12.1 Å². The highest BCUT2D eigenvalue weighted by Crippen LogP contribution is 2.14. The number of hydrogen-bond acceptors (Lipinski definition) is 4. The smallest absolute Gasteiger partial charge is 0.338 e. The van der Waals surface area contributed by atoms with E-state index >= 15 is 0 Å². The highest BCUT2D eigenvalue weighted by molar-refractivity contribution is 7.89. The monoisotopic (exact) mass is 262 g/mol. The summed E-state index contributed by atoms with van der Waals surface area (Å²) in [6.45, 7) is 0.0185. The molecule has 0 fully saturated rings. The summed E-state index contributed by atoms with van der Waals surface area (Å²) >= 11 is 0. The Bertz CT molecular complexity index is 530. The number of sulfonamides is 1. The first-order valence-corrected chi connectivity index (χ1v) is 6.28. The minimum atomic E-state index is -3.58. The van der Waals surface area contributed by atoms with Crippen molar-refractivity contribution in [1.82, 2.24) is 0 Å². The number of rotatable bonds is 5. The average Bonchev–Trinajstić information content (AvgIpc) is 2.15. The van der Waals surface area contributed by atoms with Crippen molar-refractivity contribution in [1.29, 1.82) is 0 Å². The van der Waals surface area contributed by atoms with Gasteiger partial charge in [-0.15, -0.1) is 0 Å². The van der Waals surface area contributed by atoms with Crippen LogP contribution in [0, 0.1) is 5.82 Å². The topological polar surface area (TPSA) is 109 Å². The van der Waals surface area contributed by atoms with Gasteiger partial charge < -0.3 is 10.4 Å². The Morgan fingerprint density at radius 3 is 2.59 bits per heavy atom. The third-order valence-electron chi connectivity index (χ3n) is 1.92. The third kappa shape index (κ3) is 4.37. The zero-order valence-electron chi connectivity index (χ0n) is 8.68. The molecule has 0 saturated heterocycles. The Labute approximate surface area is 97.3 Å². The minimum absolute atomic E-state index is 0.0185. The summed E-state index contributed by atoms with van der Waals surface area (Å²) in [5.41, 5.74) is -0.154. The number of carboxylic acid groups (broad SMARTS) is 1. The number of nitrogens with two attached hydrogens (primary N) is 1. The van der Waals surface area contributed by atoms with Gasteiger partial charge in [-0.1, -0.05) is 0 Å². The zero-order valence-corrected chi connectivity index (χ0v) is 9.50. The van der Waals surface area contributed by atoms with Crippen LogP contribution in [0.1, 0.15) is 10.4 Å². The first-order chi connectivity index (χ1) is 7.79. The van der Waals surface area contributed by atoms with Crippen molar-refractivity contribution < 1.29 is 22.7 Å². The number of nitrogens with one attached hydrogen (secondary N) is 1. The van der Waals surface area contributed by atoms with E-state index in [9.17, 15) is 17.6 Å². The Hall–Kier alpha value is -1.67. The first kappa shape index (κ1) is 13.4. The van der Waals surface area contributed by atoms with E-state index in [1.54, 1.807) is 0 Å². The fourth-order valence-corrected chi connectivity index (χ4v) is 1.52. The van der Waals surface area contributed by atoms with Crippen LogP contribution >= 0.6 is 0 Å². The fourth-order valence-electron chi connectivity index (χ4n) is 1.14. The van der Waals surface area contributed by atoms with Crippen LogP contribution in [0.15, 0.2) is 18.2 Å². The number of aromatic carboxylic acids is 1. The van der Waals surface area contributed by atoms with Gasteiger partial charge >= 0.3 is 5.97 Å². The van der Waals surface area contributed by atoms with Crippen LogP contribution in [0.3, 0.4) is 0 Å².